The van der Waals surface area contributed by atoms with Crippen molar-refractivity contribution in [1.29, 1.82) is 0 Å². The van der Waals surface area contributed by atoms with Gasteiger partial charge < -0.3 is 15.8 Å². The maximum absolute atomic E-state index is 13.1. The number of ether oxygens (including phenoxy) is 1. The van der Waals surface area contributed by atoms with Gasteiger partial charge in [0, 0.05) is 26.2 Å². The number of sulfonamides is 1. The number of hydrogen-bond acceptors (Lipinski definition) is 5. The van der Waals surface area contributed by atoms with Crippen molar-refractivity contribution >= 4 is 28.3 Å². The minimum atomic E-state index is -3.65. The fourth-order valence-electron chi connectivity index (χ4n) is 3.11. The van der Waals surface area contributed by atoms with E-state index in [1.165, 1.54) is 4.31 Å². The molecule has 9 heteroatoms. The lowest BCUT2D eigenvalue weighted by Gasteiger charge is -2.31. The molecule has 0 bridgehead atoms. The number of nitrogens with two attached hydrogens (primary N) is 1. The summed E-state index contributed by atoms with van der Waals surface area (Å²) in [6.45, 7) is 4.96. The number of methoxy groups -OCH3 is 1. The number of benzene rings is 1. The van der Waals surface area contributed by atoms with Gasteiger partial charge in [0.15, 0.2) is 0 Å². The van der Waals surface area contributed by atoms with E-state index in [4.69, 9.17) is 10.5 Å². The van der Waals surface area contributed by atoms with Crippen LogP contribution < -0.4 is 15.8 Å². The lowest BCUT2D eigenvalue weighted by molar-refractivity contribution is -0.126. The number of piperidine rings is 1. The largest absolute Gasteiger partial charge is 0.496 e. The molecule has 1 aliphatic rings. The van der Waals surface area contributed by atoms with E-state index in [1.807, 2.05) is 6.92 Å². The van der Waals surface area contributed by atoms with E-state index >= 15 is 0 Å². The minimum Gasteiger partial charge on any atom is -0.496 e. The molecule has 1 aromatic carbocycles. The Kier molecular flexibility index (Phi) is 8.33. The van der Waals surface area contributed by atoms with Crippen LogP contribution in [-0.4, -0.2) is 51.9 Å². The molecule has 26 heavy (non-hydrogen) atoms. The fraction of sp³-hybridized carbons (Fsp3) is 0.588. The zero-order valence-corrected chi connectivity index (χ0v) is 17.1. The summed E-state index contributed by atoms with van der Waals surface area (Å²) < 4.78 is 32.8. The molecular formula is C17H28ClN3O4S. The Hall–Kier alpha value is -1.35. The first-order chi connectivity index (χ1) is 11.8. The van der Waals surface area contributed by atoms with Gasteiger partial charge in [0.25, 0.3) is 0 Å². The predicted octanol–water partition coefficient (Wildman–Crippen LogP) is 1.21. The van der Waals surface area contributed by atoms with Crippen LogP contribution in [0.3, 0.4) is 0 Å². The van der Waals surface area contributed by atoms with Crippen LogP contribution in [0.5, 0.6) is 5.75 Å². The molecule has 1 heterocycles. The first kappa shape index (κ1) is 22.7. The van der Waals surface area contributed by atoms with Crippen LogP contribution in [0.15, 0.2) is 17.0 Å². The maximum atomic E-state index is 13.1. The van der Waals surface area contributed by atoms with Gasteiger partial charge >= 0.3 is 0 Å². The molecule has 0 radical (unpaired) electrons. The average Bonchev–Trinajstić information content (AvgIpc) is 2.61. The van der Waals surface area contributed by atoms with Crippen molar-refractivity contribution in [3.8, 4) is 5.75 Å². The quantitative estimate of drug-likeness (QED) is 0.740. The zero-order valence-electron chi connectivity index (χ0n) is 15.4. The summed E-state index contributed by atoms with van der Waals surface area (Å²) in [4.78, 5) is 12.4. The molecule has 1 amide bonds. The van der Waals surface area contributed by atoms with Crippen LogP contribution in [0.1, 0.15) is 24.0 Å². The second kappa shape index (κ2) is 9.55. The SMILES string of the molecule is COc1cc(C)c(S(=O)(=O)N2CCCC(C(=O)NCCN)C2)cc1C.Cl. The molecule has 148 valence electrons. The Balaban J connectivity index is 0.00000338. The third-order valence-electron chi connectivity index (χ3n) is 4.51. The maximum Gasteiger partial charge on any atom is 0.243 e. The summed E-state index contributed by atoms with van der Waals surface area (Å²) in [7, 11) is -2.09. The molecular weight excluding hydrogens is 378 g/mol. The molecule has 3 N–H and O–H groups in total. The van der Waals surface area contributed by atoms with Crippen LogP contribution in [0.2, 0.25) is 0 Å². The summed E-state index contributed by atoms with van der Waals surface area (Å²) >= 11 is 0. The third kappa shape index (κ3) is 4.88. The normalized spacial score (nSPS) is 18.1. The Morgan fingerprint density at radius 1 is 1.35 bits per heavy atom. The summed E-state index contributed by atoms with van der Waals surface area (Å²) in [6, 6.07) is 3.37. The molecule has 0 spiro atoms. The van der Waals surface area contributed by atoms with Crippen molar-refractivity contribution in [3.05, 3.63) is 23.3 Å². The lowest BCUT2D eigenvalue weighted by Crippen LogP contribution is -2.46. The zero-order chi connectivity index (χ0) is 18.6. The summed E-state index contributed by atoms with van der Waals surface area (Å²) in [5.41, 5.74) is 6.80. The number of rotatable bonds is 6. The van der Waals surface area contributed by atoms with Gasteiger partial charge in [0.1, 0.15) is 5.75 Å². The molecule has 1 unspecified atom stereocenters. The number of nitrogens with one attached hydrogen (secondary N) is 1. The number of hydrogen-bond donors (Lipinski definition) is 2. The van der Waals surface area contributed by atoms with Crippen LogP contribution in [0.25, 0.3) is 0 Å². The third-order valence-corrected chi connectivity index (χ3v) is 6.52. The number of carbonyl (C=O) groups is 1. The van der Waals surface area contributed by atoms with Crippen molar-refractivity contribution in [2.75, 3.05) is 33.3 Å². The molecule has 1 atom stereocenters. The Morgan fingerprint density at radius 3 is 2.65 bits per heavy atom. The van der Waals surface area contributed by atoms with Crippen molar-refractivity contribution in [2.24, 2.45) is 11.7 Å². The van der Waals surface area contributed by atoms with E-state index in [-0.39, 0.29) is 35.7 Å². The highest BCUT2D eigenvalue weighted by molar-refractivity contribution is 7.89. The van der Waals surface area contributed by atoms with Gasteiger partial charge in [0.2, 0.25) is 15.9 Å². The molecule has 2 rings (SSSR count). The molecule has 0 aliphatic carbocycles. The van der Waals surface area contributed by atoms with Crippen molar-refractivity contribution in [2.45, 2.75) is 31.6 Å². The van der Waals surface area contributed by atoms with Crippen molar-refractivity contribution in [1.82, 2.24) is 9.62 Å². The molecule has 7 nitrogen and oxygen atoms in total. The first-order valence-electron chi connectivity index (χ1n) is 8.44. The van der Waals surface area contributed by atoms with Crippen LogP contribution in [0, 0.1) is 19.8 Å². The number of nitrogens with zero attached hydrogens (tertiary/aromatic N) is 1. The van der Waals surface area contributed by atoms with E-state index < -0.39 is 10.0 Å². The Bertz CT molecular complexity index is 740. The highest BCUT2D eigenvalue weighted by Crippen LogP contribution is 2.30. The van der Waals surface area contributed by atoms with Gasteiger partial charge in [-0.1, -0.05) is 0 Å². The summed E-state index contributed by atoms with van der Waals surface area (Å²) in [6.07, 6.45) is 1.34. The summed E-state index contributed by atoms with van der Waals surface area (Å²) in [5.74, 6) is 0.192. The highest BCUT2D eigenvalue weighted by Gasteiger charge is 2.34. The second-order valence-electron chi connectivity index (χ2n) is 6.37. The fourth-order valence-corrected chi connectivity index (χ4v) is 4.93. The van der Waals surface area contributed by atoms with Crippen LogP contribution >= 0.6 is 12.4 Å². The van der Waals surface area contributed by atoms with E-state index in [2.05, 4.69) is 5.32 Å². The number of amides is 1. The molecule has 1 fully saturated rings. The van der Waals surface area contributed by atoms with Crippen molar-refractivity contribution in [3.63, 3.8) is 0 Å². The molecule has 1 saturated heterocycles. The Morgan fingerprint density at radius 2 is 2.04 bits per heavy atom. The Labute approximate surface area is 161 Å². The minimum absolute atomic E-state index is 0. The molecule has 1 aliphatic heterocycles. The topological polar surface area (TPSA) is 102 Å². The van der Waals surface area contributed by atoms with Gasteiger partial charge in [0.05, 0.1) is 17.9 Å². The summed E-state index contributed by atoms with van der Waals surface area (Å²) in [5, 5.41) is 2.75. The van der Waals surface area contributed by atoms with Crippen molar-refractivity contribution < 1.29 is 17.9 Å². The van der Waals surface area contributed by atoms with Gasteiger partial charge in [-0.25, -0.2) is 8.42 Å². The van der Waals surface area contributed by atoms with Gasteiger partial charge in [-0.3, -0.25) is 4.79 Å². The van der Waals surface area contributed by atoms with Gasteiger partial charge in [-0.2, -0.15) is 4.31 Å². The highest BCUT2D eigenvalue weighted by atomic mass is 35.5. The van der Waals surface area contributed by atoms with E-state index in [1.54, 1.807) is 26.2 Å². The smallest absolute Gasteiger partial charge is 0.243 e. The number of aryl methyl sites for hydroxylation is 2. The van der Waals surface area contributed by atoms with E-state index in [0.717, 1.165) is 5.56 Å². The number of carbonyl (C=O) groups excluding carboxylic acids is 1. The standard InChI is InChI=1S/C17H27N3O4S.ClH/c1-12-10-16(13(2)9-15(12)24-3)25(22,23)20-8-4-5-14(11-20)17(21)19-7-6-18;/h9-10,14H,4-8,11,18H2,1-3H3,(H,19,21);1H. The number of halogens is 1. The van der Waals surface area contributed by atoms with Crippen LogP contribution in [0.4, 0.5) is 0 Å². The monoisotopic (exact) mass is 405 g/mol. The van der Waals surface area contributed by atoms with Gasteiger partial charge in [-0.15, -0.1) is 12.4 Å². The predicted molar refractivity (Wildman–Crippen MR) is 103 cm³/mol. The molecule has 0 aromatic heterocycles. The van der Waals surface area contributed by atoms with E-state index in [9.17, 15) is 13.2 Å². The molecule has 0 saturated carbocycles. The molecule has 1 aromatic rings. The first-order valence-corrected chi connectivity index (χ1v) is 9.88. The van der Waals surface area contributed by atoms with Gasteiger partial charge in [-0.05, 0) is 49.9 Å². The average molecular weight is 406 g/mol. The van der Waals surface area contributed by atoms with Crippen LogP contribution in [-0.2, 0) is 14.8 Å². The second-order valence-corrected chi connectivity index (χ2v) is 8.28. The lowest BCUT2D eigenvalue weighted by atomic mass is 9.99. The van der Waals surface area contributed by atoms with E-state index in [0.29, 0.717) is 43.8 Å².